The zero-order valence-electron chi connectivity index (χ0n) is 10.5. The number of rotatable bonds is 5. The lowest BCUT2D eigenvalue weighted by Crippen LogP contribution is -2.00. The molecule has 0 radical (unpaired) electrons. The molecule has 0 aliphatic heterocycles. The van der Waals surface area contributed by atoms with Crippen LogP contribution >= 0.6 is 0 Å². The zero-order chi connectivity index (χ0) is 12.0. The lowest BCUT2D eigenvalue weighted by atomic mass is 9.90. The van der Waals surface area contributed by atoms with Crippen LogP contribution in [0.15, 0.2) is 42.6 Å². The normalized spacial score (nSPS) is 14.2. The molecule has 0 amide bonds. The Balaban J connectivity index is 3.21. The van der Waals surface area contributed by atoms with Gasteiger partial charge >= 0.3 is 0 Å². The Bertz CT molecular complexity index is 362. The fraction of sp³-hybridized carbons (Fsp3) is 0.400. The van der Waals surface area contributed by atoms with Gasteiger partial charge in [-0.1, -0.05) is 39.5 Å². The molecule has 0 bridgehead atoms. The number of aromatic nitrogens is 1. The predicted octanol–water partition coefficient (Wildman–Crippen LogP) is 4.48. The Morgan fingerprint density at radius 2 is 2.19 bits per heavy atom. The van der Waals surface area contributed by atoms with Crippen molar-refractivity contribution >= 4 is 5.57 Å². The second-order valence-corrected chi connectivity index (χ2v) is 4.02. The van der Waals surface area contributed by atoms with Crippen molar-refractivity contribution in [2.24, 2.45) is 5.92 Å². The summed E-state index contributed by atoms with van der Waals surface area (Å²) in [7, 11) is 0. The molecule has 0 spiro atoms. The van der Waals surface area contributed by atoms with Crippen molar-refractivity contribution < 1.29 is 0 Å². The van der Waals surface area contributed by atoms with Gasteiger partial charge in [0.15, 0.2) is 0 Å². The Morgan fingerprint density at radius 3 is 2.62 bits per heavy atom. The minimum Gasteiger partial charge on any atom is -0.257 e. The molecule has 1 atom stereocenters. The first-order valence-corrected chi connectivity index (χ1v) is 6.01. The first kappa shape index (κ1) is 12.7. The quantitative estimate of drug-likeness (QED) is 0.660. The third-order valence-corrected chi connectivity index (χ3v) is 3.04. The molecule has 0 aromatic carbocycles. The smallest absolute Gasteiger partial charge is 0.0664 e. The van der Waals surface area contributed by atoms with Gasteiger partial charge in [0, 0.05) is 6.20 Å². The van der Waals surface area contributed by atoms with E-state index in [9.17, 15) is 0 Å². The molecule has 0 fully saturated rings. The van der Waals surface area contributed by atoms with E-state index in [4.69, 9.17) is 0 Å². The molecule has 1 nitrogen and oxygen atoms in total. The maximum atomic E-state index is 4.43. The molecule has 0 aliphatic carbocycles. The number of nitrogens with zero attached hydrogens (tertiary/aromatic N) is 1. The van der Waals surface area contributed by atoms with Crippen LogP contribution in [0.4, 0.5) is 0 Å². The fourth-order valence-electron chi connectivity index (χ4n) is 1.92. The fourth-order valence-corrected chi connectivity index (χ4v) is 1.92. The summed E-state index contributed by atoms with van der Waals surface area (Å²) in [6.07, 6.45) is 5.98. The standard InChI is InChI=1S/C15H21N/c1-5-12(4)13(6-2)14(7-3)15-10-8-9-11-16-15/h6,8-12H,2,5,7H2,1,3-4H3/b14-13-. The Hall–Kier alpha value is -1.37. The van der Waals surface area contributed by atoms with Crippen LogP contribution in [0.2, 0.25) is 0 Å². The predicted molar refractivity (Wildman–Crippen MR) is 71.1 cm³/mol. The van der Waals surface area contributed by atoms with Gasteiger partial charge in [-0.3, -0.25) is 4.98 Å². The minimum atomic E-state index is 0.550. The third kappa shape index (κ3) is 2.82. The minimum absolute atomic E-state index is 0.550. The topological polar surface area (TPSA) is 12.9 Å². The molecule has 0 saturated carbocycles. The van der Waals surface area contributed by atoms with Crippen LogP contribution < -0.4 is 0 Å². The van der Waals surface area contributed by atoms with E-state index in [0.717, 1.165) is 18.5 Å². The maximum absolute atomic E-state index is 4.43. The highest BCUT2D eigenvalue weighted by molar-refractivity contribution is 5.68. The van der Waals surface area contributed by atoms with Crippen LogP contribution in [0, 0.1) is 5.92 Å². The van der Waals surface area contributed by atoms with E-state index in [1.54, 1.807) is 0 Å². The van der Waals surface area contributed by atoms with Crippen molar-refractivity contribution in [3.05, 3.63) is 48.3 Å². The third-order valence-electron chi connectivity index (χ3n) is 3.04. The molecule has 0 N–H and O–H groups in total. The number of hydrogen-bond donors (Lipinski definition) is 0. The van der Waals surface area contributed by atoms with Gasteiger partial charge < -0.3 is 0 Å². The van der Waals surface area contributed by atoms with Crippen molar-refractivity contribution in [3.63, 3.8) is 0 Å². The van der Waals surface area contributed by atoms with Crippen LogP contribution in [0.5, 0.6) is 0 Å². The van der Waals surface area contributed by atoms with Gasteiger partial charge in [0.05, 0.1) is 5.69 Å². The Kier molecular flexibility index (Phi) is 4.97. The van der Waals surface area contributed by atoms with Gasteiger partial charge in [-0.05, 0) is 42.0 Å². The second-order valence-electron chi connectivity index (χ2n) is 4.02. The van der Waals surface area contributed by atoms with Gasteiger partial charge in [0.25, 0.3) is 0 Å². The number of hydrogen-bond acceptors (Lipinski definition) is 1. The SMILES string of the molecule is C=C/C(=C(\CC)c1ccccn1)C(C)CC. The van der Waals surface area contributed by atoms with Crippen LogP contribution in [0.1, 0.15) is 39.3 Å². The van der Waals surface area contributed by atoms with E-state index in [1.165, 1.54) is 11.1 Å². The molecule has 1 heterocycles. The molecule has 16 heavy (non-hydrogen) atoms. The van der Waals surface area contributed by atoms with Crippen molar-refractivity contribution in [1.82, 2.24) is 4.98 Å². The largest absolute Gasteiger partial charge is 0.257 e. The summed E-state index contributed by atoms with van der Waals surface area (Å²) in [6, 6.07) is 6.06. The van der Waals surface area contributed by atoms with Crippen molar-refractivity contribution in [2.75, 3.05) is 0 Å². The summed E-state index contributed by atoms with van der Waals surface area (Å²) in [4.78, 5) is 4.43. The molecule has 1 heteroatoms. The molecule has 1 aromatic heterocycles. The Morgan fingerprint density at radius 1 is 1.44 bits per heavy atom. The Labute approximate surface area is 98.9 Å². The summed E-state index contributed by atoms with van der Waals surface area (Å²) in [5, 5.41) is 0. The molecular formula is C15H21N. The van der Waals surface area contributed by atoms with Gasteiger partial charge in [-0.2, -0.15) is 0 Å². The first-order chi connectivity index (χ1) is 7.74. The van der Waals surface area contributed by atoms with E-state index in [2.05, 4.69) is 38.4 Å². The maximum Gasteiger partial charge on any atom is 0.0664 e. The van der Waals surface area contributed by atoms with Gasteiger partial charge in [-0.15, -0.1) is 0 Å². The summed E-state index contributed by atoms with van der Waals surface area (Å²) in [5.74, 6) is 0.550. The highest BCUT2D eigenvalue weighted by Gasteiger charge is 2.11. The number of allylic oxidation sites excluding steroid dienone is 3. The van der Waals surface area contributed by atoms with Gasteiger partial charge in [0.2, 0.25) is 0 Å². The highest BCUT2D eigenvalue weighted by atomic mass is 14.7. The first-order valence-electron chi connectivity index (χ1n) is 6.01. The van der Waals surface area contributed by atoms with Gasteiger partial charge in [-0.25, -0.2) is 0 Å². The monoisotopic (exact) mass is 215 g/mol. The van der Waals surface area contributed by atoms with Crippen LogP contribution in [-0.2, 0) is 0 Å². The van der Waals surface area contributed by atoms with Crippen LogP contribution in [0.25, 0.3) is 5.57 Å². The summed E-state index contributed by atoms with van der Waals surface area (Å²) < 4.78 is 0. The molecule has 86 valence electrons. The molecule has 0 aliphatic rings. The molecule has 0 saturated heterocycles. The molecule has 1 unspecified atom stereocenters. The summed E-state index contributed by atoms with van der Waals surface area (Å²) in [6.45, 7) is 10.6. The lowest BCUT2D eigenvalue weighted by Gasteiger charge is -2.16. The van der Waals surface area contributed by atoms with E-state index in [1.807, 2.05) is 24.4 Å². The molecular weight excluding hydrogens is 194 g/mol. The van der Waals surface area contributed by atoms with E-state index >= 15 is 0 Å². The van der Waals surface area contributed by atoms with Gasteiger partial charge in [0.1, 0.15) is 0 Å². The lowest BCUT2D eigenvalue weighted by molar-refractivity contribution is 0.670. The van der Waals surface area contributed by atoms with E-state index in [-0.39, 0.29) is 0 Å². The van der Waals surface area contributed by atoms with E-state index in [0.29, 0.717) is 5.92 Å². The summed E-state index contributed by atoms with van der Waals surface area (Å²) in [5.41, 5.74) is 3.74. The highest BCUT2D eigenvalue weighted by Crippen LogP contribution is 2.27. The molecule has 1 rings (SSSR count). The van der Waals surface area contributed by atoms with Crippen molar-refractivity contribution in [2.45, 2.75) is 33.6 Å². The second kappa shape index (κ2) is 6.26. The average molecular weight is 215 g/mol. The molecule has 1 aromatic rings. The van der Waals surface area contributed by atoms with Crippen LogP contribution in [0.3, 0.4) is 0 Å². The number of pyridine rings is 1. The van der Waals surface area contributed by atoms with Crippen molar-refractivity contribution in [3.8, 4) is 0 Å². The summed E-state index contributed by atoms with van der Waals surface area (Å²) >= 11 is 0. The van der Waals surface area contributed by atoms with E-state index < -0.39 is 0 Å². The average Bonchev–Trinajstić information content (AvgIpc) is 2.36. The van der Waals surface area contributed by atoms with Crippen molar-refractivity contribution in [1.29, 1.82) is 0 Å². The van der Waals surface area contributed by atoms with Crippen LogP contribution in [-0.4, -0.2) is 4.98 Å². The zero-order valence-corrected chi connectivity index (χ0v) is 10.5.